The molecule has 5 heteroatoms. The lowest BCUT2D eigenvalue weighted by molar-refractivity contribution is 0.277. The van der Waals surface area contributed by atoms with Gasteiger partial charge in [0.15, 0.2) is 5.16 Å². The van der Waals surface area contributed by atoms with Gasteiger partial charge in [0.1, 0.15) is 5.75 Å². The summed E-state index contributed by atoms with van der Waals surface area (Å²) in [6.07, 6.45) is 7.15. The molecule has 4 nitrogen and oxygen atoms in total. The van der Waals surface area contributed by atoms with Gasteiger partial charge in [-0.25, -0.2) is 4.98 Å². The standard InChI is InChI=1S/C17H22N2O2S/c1-21-15-8-6-13(7-9-15)10-19-11-14(12-20)18-17(19)22-16-4-2-3-5-16/h6-9,11,16,20H,2-5,10,12H2,1H3. The molecule has 1 aliphatic rings. The molecule has 118 valence electrons. The molecule has 1 heterocycles. The summed E-state index contributed by atoms with van der Waals surface area (Å²) in [4.78, 5) is 4.57. The molecule has 1 N–H and O–H groups in total. The number of aliphatic hydroxyl groups is 1. The van der Waals surface area contributed by atoms with E-state index in [4.69, 9.17) is 4.74 Å². The third kappa shape index (κ3) is 3.65. The van der Waals surface area contributed by atoms with Crippen molar-refractivity contribution in [2.45, 2.75) is 49.2 Å². The van der Waals surface area contributed by atoms with Crippen LogP contribution in [-0.4, -0.2) is 27.0 Å². The third-order valence-corrected chi connectivity index (χ3v) is 5.38. The van der Waals surface area contributed by atoms with Crippen molar-refractivity contribution in [3.8, 4) is 5.75 Å². The molecule has 1 aromatic heterocycles. The van der Waals surface area contributed by atoms with Crippen molar-refractivity contribution in [2.75, 3.05) is 7.11 Å². The summed E-state index contributed by atoms with van der Waals surface area (Å²) < 4.78 is 7.35. The molecule has 1 aromatic carbocycles. The van der Waals surface area contributed by atoms with Crippen LogP contribution in [0.3, 0.4) is 0 Å². The zero-order valence-corrected chi connectivity index (χ0v) is 13.7. The number of ether oxygens (including phenoxy) is 1. The lowest BCUT2D eigenvalue weighted by Gasteiger charge is -2.11. The first-order valence-electron chi connectivity index (χ1n) is 7.75. The average molecular weight is 318 g/mol. The SMILES string of the molecule is COc1ccc(Cn2cc(CO)nc2SC2CCCC2)cc1. The van der Waals surface area contributed by atoms with Crippen LogP contribution >= 0.6 is 11.8 Å². The van der Waals surface area contributed by atoms with Crippen LogP contribution in [0.25, 0.3) is 0 Å². The molecule has 0 spiro atoms. The van der Waals surface area contributed by atoms with Gasteiger partial charge in [-0.15, -0.1) is 0 Å². The molecule has 0 aliphatic heterocycles. The zero-order valence-electron chi connectivity index (χ0n) is 12.9. The second kappa shape index (κ2) is 7.20. The molecule has 0 atom stereocenters. The van der Waals surface area contributed by atoms with Crippen LogP contribution in [0, 0.1) is 0 Å². The normalized spacial score (nSPS) is 15.4. The number of hydrogen-bond acceptors (Lipinski definition) is 4. The highest BCUT2D eigenvalue weighted by Crippen LogP contribution is 2.34. The molecular formula is C17H22N2O2S. The van der Waals surface area contributed by atoms with E-state index in [1.807, 2.05) is 30.1 Å². The first-order valence-corrected chi connectivity index (χ1v) is 8.63. The first-order chi connectivity index (χ1) is 10.8. The molecule has 1 saturated carbocycles. The number of aromatic nitrogens is 2. The predicted octanol–water partition coefficient (Wildman–Crippen LogP) is 3.47. The maximum atomic E-state index is 9.37. The second-order valence-corrected chi connectivity index (χ2v) is 6.94. The molecule has 0 saturated heterocycles. The average Bonchev–Trinajstić information content (AvgIpc) is 3.19. The van der Waals surface area contributed by atoms with Gasteiger partial charge in [-0.1, -0.05) is 36.7 Å². The number of benzene rings is 1. The Morgan fingerprint density at radius 2 is 2.00 bits per heavy atom. The van der Waals surface area contributed by atoms with Gasteiger partial charge in [0.2, 0.25) is 0 Å². The first kappa shape index (κ1) is 15.4. The van der Waals surface area contributed by atoms with Crippen LogP contribution in [0.2, 0.25) is 0 Å². The minimum Gasteiger partial charge on any atom is -0.497 e. The summed E-state index contributed by atoms with van der Waals surface area (Å²) in [5, 5.41) is 11.1. The fourth-order valence-corrected chi connectivity index (χ4v) is 4.11. The number of aliphatic hydroxyl groups excluding tert-OH is 1. The molecule has 2 aromatic rings. The molecular weight excluding hydrogens is 296 g/mol. The Bertz CT molecular complexity index is 604. The Morgan fingerprint density at radius 3 is 2.64 bits per heavy atom. The lowest BCUT2D eigenvalue weighted by Crippen LogP contribution is -2.03. The van der Waals surface area contributed by atoms with Gasteiger partial charge in [0.05, 0.1) is 19.4 Å². The number of imidazole rings is 1. The van der Waals surface area contributed by atoms with E-state index in [1.54, 1.807) is 7.11 Å². The maximum absolute atomic E-state index is 9.37. The van der Waals surface area contributed by atoms with E-state index >= 15 is 0 Å². The summed E-state index contributed by atoms with van der Waals surface area (Å²) >= 11 is 1.86. The summed E-state index contributed by atoms with van der Waals surface area (Å²) in [7, 11) is 1.68. The van der Waals surface area contributed by atoms with Crippen molar-refractivity contribution in [1.82, 2.24) is 9.55 Å². The van der Waals surface area contributed by atoms with Gasteiger partial charge >= 0.3 is 0 Å². The fraction of sp³-hybridized carbons (Fsp3) is 0.471. The Morgan fingerprint density at radius 1 is 1.27 bits per heavy atom. The van der Waals surface area contributed by atoms with Gasteiger partial charge in [-0.05, 0) is 30.5 Å². The van der Waals surface area contributed by atoms with Crippen molar-refractivity contribution < 1.29 is 9.84 Å². The molecule has 0 bridgehead atoms. The third-order valence-electron chi connectivity index (χ3n) is 4.04. The van der Waals surface area contributed by atoms with Gasteiger partial charge in [0, 0.05) is 18.0 Å². The molecule has 0 radical (unpaired) electrons. The molecule has 1 fully saturated rings. The predicted molar refractivity (Wildman–Crippen MR) is 88.4 cm³/mol. The van der Waals surface area contributed by atoms with Crippen molar-refractivity contribution >= 4 is 11.8 Å². The summed E-state index contributed by atoms with van der Waals surface area (Å²) in [5.74, 6) is 0.867. The van der Waals surface area contributed by atoms with Crippen molar-refractivity contribution in [3.63, 3.8) is 0 Å². The number of nitrogens with zero attached hydrogens (tertiary/aromatic N) is 2. The van der Waals surface area contributed by atoms with Crippen molar-refractivity contribution in [3.05, 3.63) is 41.7 Å². The van der Waals surface area contributed by atoms with Crippen LogP contribution in [-0.2, 0) is 13.2 Å². The Kier molecular flexibility index (Phi) is 5.05. The van der Waals surface area contributed by atoms with Crippen LogP contribution < -0.4 is 4.74 Å². The highest BCUT2D eigenvalue weighted by atomic mass is 32.2. The Hall–Kier alpha value is -1.46. The monoisotopic (exact) mass is 318 g/mol. The largest absolute Gasteiger partial charge is 0.497 e. The highest BCUT2D eigenvalue weighted by molar-refractivity contribution is 7.99. The number of rotatable bonds is 6. The number of methoxy groups -OCH3 is 1. The number of hydrogen-bond donors (Lipinski definition) is 1. The van der Waals surface area contributed by atoms with Crippen molar-refractivity contribution in [1.29, 1.82) is 0 Å². The maximum Gasteiger partial charge on any atom is 0.168 e. The lowest BCUT2D eigenvalue weighted by atomic mass is 10.2. The van der Waals surface area contributed by atoms with Gasteiger partial charge in [-0.2, -0.15) is 0 Å². The molecule has 0 unspecified atom stereocenters. The second-order valence-electron chi connectivity index (χ2n) is 5.67. The highest BCUT2D eigenvalue weighted by Gasteiger charge is 2.19. The molecule has 1 aliphatic carbocycles. The van der Waals surface area contributed by atoms with Crippen molar-refractivity contribution in [2.24, 2.45) is 0 Å². The van der Waals surface area contributed by atoms with E-state index in [2.05, 4.69) is 21.7 Å². The van der Waals surface area contributed by atoms with E-state index in [1.165, 1.54) is 31.2 Å². The topological polar surface area (TPSA) is 47.3 Å². The molecule has 3 rings (SSSR count). The summed E-state index contributed by atoms with van der Waals surface area (Å²) in [6, 6.07) is 8.09. The van der Waals surface area contributed by atoms with E-state index in [9.17, 15) is 5.11 Å². The van der Waals surface area contributed by atoms with Gasteiger partial charge < -0.3 is 14.4 Å². The minimum absolute atomic E-state index is 0.00611. The summed E-state index contributed by atoms with van der Waals surface area (Å²) in [6.45, 7) is 0.764. The van der Waals surface area contributed by atoms with Crippen LogP contribution in [0.15, 0.2) is 35.6 Å². The van der Waals surface area contributed by atoms with Gasteiger partial charge in [0.25, 0.3) is 0 Å². The Balaban J connectivity index is 1.76. The van der Waals surface area contributed by atoms with E-state index in [-0.39, 0.29) is 6.61 Å². The Labute approximate surface area is 135 Å². The number of thioether (sulfide) groups is 1. The van der Waals surface area contributed by atoms with Crippen LogP contribution in [0.5, 0.6) is 5.75 Å². The molecule has 0 amide bonds. The smallest absolute Gasteiger partial charge is 0.168 e. The zero-order chi connectivity index (χ0) is 15.4. The van der Waals surface area contributed by atoms with Crippen LogP contribution in [0.1, 0.15) is 36.9 Å². The minimum atomic E-state index is -0.00611. The van der Waals surface area contributed by atoms with E-state index in [0.717, 1.165) is 23.1 Å². The summed E-state index contributed by atoms with van der Waals surface area (Å²) in [5.41, 5.74) is 1.95. The van der Waals surface area contributed by atoms with Crippen LogP contribution in [0.4, 0.5) is 0 Å². The van der Waals surface area contributed by atoms with Gasteiger partial charge in [-0.3, -0.25) is 0 Å². The molecule has 22 heavy (non-hydrogen) atoms. The van der Waals surface area contributed by atoms with E-state index in [0.29, 0.717) is 5.25 Å². The quantitative estimate of drug-likeness (QED) is 0.886. The van der Waals surface area contributed by atoms with E-state index < -0.39 is 0 Å². The fourth-order valence-electron chi connectivity index (χ4n) is 2.82.